The van der Waals surface area contributed by atoms with E-state index in [1.807, 2.05) is 6.92 Å². The summed E-state index contributed by atoms with van der Waals surface area (Å²) in [6.07, 6.45) is 0.359. The zero-order valence-electron chi connectivity index (χ0n) is 14.5. The largest absolute Gasteiger partial charge is 0.461 e. The highest BCUT2D eigenvalue weighted by molar-refractivity contribution is 6.08. The van der Waals surface area contributed by atoms with Crippen LogP contribution in [0.25, 0.3) is 0 Å². The van der Waals surface area contributed by atoms with E-state index in [4.69, 9.17) is 4.74 Å². The summed E-state index contributed by atoms with van der Waals surface area (Å²) in [4.78, 5) is 39.3. The van der Waals surface area contributed by atoms with Crippen molar-refractivity contribution in [1.82, 2.24) is 4.90 Å². The van der Waals surface area contributed by atoms with Crippen LogP contribution in [0.4, 0.5) is 4.39 Å². The van der Waals surface area contributed by atoms with Gasteiger partial charge in [-0.15, -0.1) is 0 Å². The van der Waals surface area contributed by atoms with Crippen LogP contribution in [-0.4, -0.2) is 41.9 Å². The molecule has 0 radical (unpaired) electrons. The van der Waals surface area contributed by atoms with Crippen molar-refractivity contribution in [3.8, 4) is 0 Å². The third-order valence-electron chi connectivity index (χ3n) is 5.49. The summed E-state index contributed by atoms with van der Waals surface area (Å²) in [6.45, 7) is 3.72. The van der Waals surface area contributed by atoms with Gasteiger partial charge in [0, 0.05) is 19.0 Å². The van der Waals surface area contributed by atoms with Gasteiger partial charge < -0.3 is 10.1 Å². The van der Waals surface area contributed by atoms with Gasteiger partial charge in [0.25, 0.3) is 0 Å². The fourth-order valence-electron chi connectivity index (χ4n) is 4.20. The molecule has 7 heteroatoms. The number of carbonyl (C=O) groups excluding carboxylic acids is 3. The number of imide groups is 1. The number of fused-ring (bicyclic) bond motifs is 1. The smallest absolute Gasteiger partial charge is 0.368 e. The number of nitrogens with zero attached hydrogens (tertiary/aromatic N) is 1. The molecule has 2 heterocycles. The first-order valence-electron chi connectivity index (χ1n) is 8.47. The number of ether oxygens (including phenoxy) is 1. The number of rotatable bonds is 4. The summed E-state index contributed by atoms with van der Waals surface area (Å²) in [5, 5.41) is 1.77. The summed E-state index contributed by atoms with van der Waals surface area (Å²) in [5.74, 6) is -2.95. The Balaban J connectivity index is 2.10. The van der Waals surface area contributed by atoms with Crippen LogP contribution >= 0.6 is 0 Å². The van der Waals surface area contributed by atoms with Gasteiger partial charge in [0.1, 0.15) is 23.7 Å². The van der Waals surface area contributed by atoms with Crippen molar-refractivity contribution >= 4 is 17.8 Å². The highest BCUT2D eigenvalue weighted by Gasteiger charge is 2.71. The Morgan fingerprint density at radius 2 is 1.88 bits per heavy atom. The second kappa shape index (κ2) is 6.22. The van der Waals surface area contributed by atoms with Gasteiger partial charge in [-0.2, -0.15) is 0 Å². The van der Waals surface area contributed by atoms with Crippen LogP contribution in [0.15, 0.2) is 24.3 Å². The standard InChI is InChI=1S/C18H21FN2O4/c1-4-18(17(24)25-5-2)13-12(15(22)21(3)16(13)23)14(20-18)10-6-8-11(19)9-7-10/h6-9,12-14,20H,4-5H2,1-3H3/p+1/t12-,13+,14-,18-/m0/s1. The summed E-state index contributed by atoms with van der Waals surface area (Å²) in [6, 6.07) is 5.40. The Bertz CT molecular complexity index is 720. The molecule has 0 spiro atoms. The van der Waals surface area contributed by atoms with Gasteiger partial charge in [-0.1, -0.05) is 19.1 Å². The van der Waals surface area contributed by atoms with E-state index in [2.05, 4.69) is 0 Å². The highest BCUT2D eigenvalue weighted by Crippen LogP contribution is 2.45. The molecule has 0 aromatic heterocycles. The lowest BCUT2D eigenvalue weighted by atomic mass is 9.78. The van der Waals surface area contributed by atoms with Crippen LogP contribution in [0.2, 0.25) is 0 Å². The molecule has 2 saturated heterocycles. The van der Waals surface area contributed by atoms with Crippen molar-refractivity contribution in [2.45, 2.75) is 31.8 Å². The molecule has 1 aromatic rings. The minimum atomic E-state index is -1.14. The average Bonchev–Trinajstić information content (AvgIpc) is 3.06. The molecule has 0 unspecified atom stereocenters. The molecule has 2 amide bonds. The predicted molar refractivity (Wildman–Crippen MR) is 85.5 cm³/mol. The fraction of sp³-hybridized carbons (Fsp3) is 0.500. The highest BCUT2D eigenvalue weighted by atomic mass is 19.1. The number of hydrogen-bond donors (Lipinski definition) is 1. The molecular formula is C18H22FN2O4+. The Morgan fingerprint density at radius 1 is 1.24 bits per heavy atom. The minimum Gasteiger partial charge on any atom is -0.461 e. The van der Waals surface area contributed by atoms with Crippen LogP contribution in [0.1, 0.15) is 31.9 Å². The van der Waals surface area contributed by atoms with E-state index in [0.717, 1.165) is 4.90 Å². The first-order chi connectivity index (χ1) is 11.9. The monoisotopic (exact) mass is 349 g/mol. The number of quaternary nitrogens is 1. The number of benzene rings is 1. The van der Waals surface area contributed by atoms with Crippen molar-refractivity contribution in [3.05, 3.63) is 35.6 Å². The van der Waals surface area contributed by atoms with Crippen molar-refractivity contribution in [1.29, 1.82) is 0 Å². The maximum absolute atomic E-state index is 13.3. The molecule has 0 saturated carbocycles. The predicted octanol–water partition coefficient (Wildman–Crippen LogP) is 0.387. The van der Waals surface area contributed by atoms with Gasteiger partial charge in [0.05, 0.1) is 6.61 Å². The summed E-state index contributed by atoms with van der Waals surface area (Å²) in [5.41, 5.74) is -0.426. The van der Waals surface area contributed by atoms with Gasteiger partial charge in [-0.05, 0) is 19.1 Å². The number of esters is 1. The molecule has 2 fully saturated rings. The number of carbonyl (C=O) groups is 3. The molecule has 0 bridgehead atoms. The molecule has 2 aliphatic rings. The van der Waals surface area contributed by atoms with Crippen molar-refractivity contribution in [3.63, 3.8) is 0 Å². The SMILES string of the molecule is CCOC(=O)[C@@]1(CC)[NH2+][C@@H](c2ccc(F)cc2)[C@H]2C(=O)N(C)C(=O)[C@@H]21. The van der Waals surface area contributed by atoms with E-state index in [1.165, 1.54) is 19.2 Å². The van der Waals surface area contributed by atoms with Crippen LogP contribution in [0.5, 0.6) is 0 Å². The van der Waals surface area contributed by atoms with E-state index in [9.17, 15) is 18.8 Å². The quantitative estimate of drug-likeness (QED) is 0.630. The fourth-order valence-corrected chi connectivity index (χ4v) is 4.20. The Labute approximate surface area is 145 Å². The first kappa shape index (κ1) is 17.5. The number of nitrogens with two attached hydrogens (primary N) is 1. The van der Waals surface area contributed by atoms with Gasteiger partial charge in [0.15, 0.2) is 0 Å². The van der Waals surface area contributed by atoms with Gasteiger partial charge in [-0.25, -0.2) is 9.18 Å². The molecule has 4 atom stereocenters. The van der Waals surface area contributed by atoms with E-state index in [1.54, 1.807) is 24.4 Å². The molecule has 0 aliphatic carbocycles. The normalized spacial score (nSPS) is 31.4. The van der Waals surface area contributed by atoms with Gasteiger partial charge in [0.2, 0.25) is 17.4 Å². The van der Waals surface area contributed by atoms with Crippen LogP contribution in [0, 0.1) is 17.7 Å². The first-order valence-corrected chi connectivity index (χ1v) is 8.47. The molecular weight excluding hydrogens is 327 g/mol. The lowest BCUT2D eigenvalue weighted by Crippen LogP contribution is -2.98. The third kappa shape index (κ3) is 2.45. The Kier molecular flexibility index (Phi) is 4.36. The molecule has 134 valence electrons. The van der Waals surface area contributed by atoms with Gasteiger partial charge in [-0.3, -0.25) is 14.5 Å². The summed E-state index contributed by atoms with van der Waals surface area (Å²) < 4.78 is 18.5. The summed E-state index contributed by atoms with van der Waals surface area (Å²) >= 11 is 0. The maximum Gasteiger partial charge on any atom is 0.368 e. The number of halogens is 1. The Hall–Kier alpha value is -2.28. The molecule has 6 nitrogen and oxygen atoms in total. The number of amides is 2. The van der Waals surface area contributed by atoms with Crippen LogP contribution in [0.3, 0.4) is 0 Å². The molecule has 2 N–H and O–H groups in total. The van der Waals surface area contributed by atoms with Crippen molar-refractivity contribution < 1.29 is 28.8 Å². The zero-order chi connectivity index (χ0) is 18.4. The van der Waals surface area contributed by atoms with E-state index in [0.29, 0.717) is 12.0 Å². The molecule has 2 aliphatic heterocycles. The average molecular weight is 349 g/mol. The lowest BCUT2D eigenvalue weighted by Gasteiger charge is -2.27. The second-order valence-electron chi connectivity index (χ2n) is 6.60. The summed E-state index contributed by atoms with van der Waals surface area (Å²) in [7, 11) is 1.44. The van der Waals surface area contributed by atoms with E-state index >= 15 is 0 Å². The molecule has 25 heavy (non-hydrogen) atoms. The van der Waals surface area contributed by atoms with E-state index in [-0.39, 0.29) is 24.2 Å². The van der Waals surface area contributed by atoms with Gasteiger partial charge >= 0.3 is 5.97 Å². The van der Waals surface area contributed by atoms with E-state index < -0.39 is 29.4 Å². The topological polar surface area (TPSA) is 80.3 Å². The third-order valence-corrected chi connectivity index (χ3v) is 5.49. The maximum atomic E-state index is 13.3. The second-order valence-corrected chi connectivity index (χ2v) is 6.60. The van der Waals surface area contributed by atoms with Crippen LogP contribution in [-0.2, 0) is 19.1 Å². The number of hydrogen-bond acceptors (Lipinski definition) is 4. The molecule has 3 rings (SSSR count). The van der Waals surface area contributed by atoms with Crippen LogP contribution < -0.4 is 5.32 Å². The molecule has 1 aromatic carbocycles. The number of likely N-dealkylation sites (tertiary alicyclic amines) is 1. The Morgan fingerprint density at radius 3 is 2.44 bits per heavy atom. The lowest BCUT2D eigenvalue weighted by molar-refractivity contribution is -0.734. The zero-order valence-corrected chi connectivity index (χ0v) is 14.5. The minimum absolute atomic E-state index is 0.199. The van der Waals surface area contributed by atoms with Crippen molar-refractivity contribution in [2.75, 3.05) is 13.7 Å². The van der Waals surface area contributed by atoms with Crippen molar-refractivity contribution in [2.24, 2.45) is 11.8 Å².